The highest BCUT2D eigenvalue weighted by molar-refractivity contribution is 7.26. The van der Waals surface area contributed by atoms with E-state index in [2.05, 4.69) is 188 Å². The van der Waals surface area contributed by atoms with Gasteiger partial charge in [-0.2, -0.15) is 0 Å². The van der Waals surface area contributed by atoms with Crippen LogP contribution in [0.2, 0.25) is 0 Å². The van der Waals surface area contributed by atoms with Gasteiger partial charge in [-0.15, -0.1) is 22.7 Å². The Kier molecular flexibility index (Phi) is 7.87. The average molecular weight is 750 g/mol. The van der Waals surface area contributed by atoms with Gasteiger partial charge in [-0.1, -0.05) is 152 Å². The molecule has 3 nitrogen and oxygen atoms in total. The lowest BCUT2D eigenvalue weighted by atomic mass is 9.96. The van der Waals surface area contributed by atoms with Crippen molar-refractivity contribution in [3.63, 3.8) is 0 Å². The highest BCUT2D eigenvalue weighted by Gasteiger charge is 2.19. The molecule has 0 N–H and O–H groups in total. The molecule has 0 spiro atoms. The molecule has 56 heavy (non-hydrogen) atoms. The van der Waals surface area contributed by atoms with Crippen LogP contribution < -0.4 is 0 Å². The lowest BCUT2D eigenvalue weighted by Gasteiger charge is -2.13. The van der Waals surface area contributed by atoms with Crippen molar-refractivity contribution in [1.29, 1.82) is 0 Å². The molecule has 0 fully saturated rings. The van der Waals surface area contributed by atoms with Crippen molar-refractivity contribution < 1.29 is 0 Å². The molecule has 0 amide bonds. The number of hydrogen-bond acceptors (Lipinski definition) is 5. The Morgan fingerprint density at radius 1 is 0.268 bits per heavy atom. The number of rotatable bonds is 6. The van der Waals surface area contributed by atoms with E-state index in [4.69, 9.17) is 15.0 Å². The highest BCUT2D eigenvalue weighted by Crippen LogP contribution is 2.43. The van der Waals surface area contributed by atoms with Gasteiger partial charge in [-0.25, -0.2) is 15.0 Å². The van der Waals surface area contributed by atoms with Gasteiger partial charge in [-0.05, 0) is 69.8 Å². The summed E-state index contributed by atoms with van der Waals surface area (Å²) in [5.74, 6) is 1.95. The summed E-state index contributed by atoms with van der Waals surface area (Å²) in [5, 5.41) is 4.96. The van der Waals surface area contributed by atoms with Gasteiger partial charge < -0.3 is 0 Å². The Balaban J connectivity index is 1.14. The molecule has 8 aromatic carbocycles. The van der Waals surface area contributed by atoms with Crippen molar-refractivity contribution >= 4 is 63.0 Å². The maximum atomic E-state index is 5.32. The number of hydrogen-bond donors (Lipinski definition) is 0. The predicted molar refractivity (Wildman–Crippen MR) is 238 cm³/mol. The minimum Gasteiger partial charge on any atom is -0.208 e. The van der Waals surface area contributed by atoms with Crippen LogP contribution in [0.25, 0.3) is 108 Å². The third-order valence-corrected chi connectivity index (χ3v) is 12.9. The molecule has 262 valence electrons. The van der Waals surface area contributed by atoms with Crippen molar-refractivity contribution in [3.05, 3.63) is 188 Å². The summed E-state index contributed by atoms with van der Waals surface area (Å²) in [6, 6.07) is 66.8. The minimum absolute atomic E-state index is 0.640. The number of thiophene rings is 2. The molecule has 11 rings (SSSR count). The van der Waals surface area contributed by atoms with Gasteiger partial charge in [0, 0.05) is 57.0 Å². The van der Waals surface area contributed by atoms with Crippen LogP contribution in [-0.2, 0) is 0 Å². The van der Waals surface area contributed by atoms with Crippen LogP contribution in [0, 0.1) is 0 Å². The lowest BCUT2D eigenvalue weighted by molar-refractivity contribution is 1.08. The van der Waals surface area contributed by atoms with E-state index in [9.17, 15) is 0 Å². The zero-order chi connectivity index (χ0) is 37.0. The number of benzene rings is 8. The van der Waals surface area contributed by atoms with E-state index in [1.54, 1.807) is 11.3 Å². The Bertz CT molecular complexity index is 3180. The molecule has 0 saturated carbocycles. The van der Waals surface area contributed by atoms with Gasteiger partial charge in [-0.3, -0.25) is 0 Å². The van der Waals surface area contributed by atoms with Gasteiger partial charge in [0.1, 0.15) is 0 Å². The summed E-state index contributed by atoms with van der Waals surface area (Å²) in [6.07, 6.45) is 0. The van der Waals surface area contributed by atoms with E-state index in [1.165, 1.54) is 51.5 Å². The van der Waals surface area contributed by atoms with E-state index in [1.807, 2.05) is 11.3 Å². The van der Waals surface area contributed by atoms with Crippen LogP contribution in [0.15, 0.2) is 188 Å². The second-order valence-corrected chi connectivity index (χ2v) is 16.1. The quantitative estimate of drug-likeness (QED) is 0.170. The van der Waals surface area contributed by atoms with Gasteiger partial charge in [0.15, 0.2) is 17.5 Å². The normalized spacial score (nSPS) is 11.6. The van der Waals surface area contributed by atoms with Crippen LogP contribution in [-0.4, -0.2) is 15.0 Å². The average Bonchev–Trinajstić information content (AvgIpc) is 3.85. The Morgan fingerprint density at radius 3 is 1.43 bits per heavy atom. The number of aromatic nitrogens is 3. The third-order valence-electron chi connectivity index (χ3n) is 10.5. The predicted octanol–water partition coefficient (Wildman–Crippen LogP) is 14.6. The molecule has 0 saturated heterocycles. The second kappa shape index (κ2) is 13.5. The molecule has 0 unspecified atom stereocenters. The van der Waals surface area contributed by atoms with Gasteiger partial charge in [0.25, 0.3) is 0 Å². The van der Waals surface area contributed by atoms with Crippen LogP contribution in [0.5, 0.6) is 0 Å². The fraction of sp³-hybridized carbons (Fsp3) is 0. The second-order valence-electron chi connectivity index (χ2n) is 14.0. The largest absolute Gasteiger partial charge is 0.208 e. The van der Waals surface area contributed by atoms with E-state index in [0.29, 0.717) is 17.5 Å². The first kappa shape index (κ1) is 32.6. The summed E-state index contributed by atoms with van der Waals surface area (Å²) in [6.45, 7) is 0. The van der Waals surface area contributed by atoms with Crippen molar-refractivity contribution in [3.8, 4) is 67.5 Å². The van der Waals surface area contributed by atoms with Gasteiger partial charge in [0.05, 0.1) is 0 Å². The minimum atomic E-state index is 0.640. The molecule has 0 radical (unpaired) electrons. The molecule has 0 bridgehead atoms. The fourth-order valence-electron chi connectivity index (χ4n) is 7.81. The van der Waals surface area contributed by atoms with Crippen LogP contribution in [0.4, 0.5) is 0 Å². The summed E-state index contributed by atoms with van der Waals surface area (Å²) >= 11 is 3.62. The third kappa shape index (κ3) is 5.68. The van der Waals surface area contributed by atoms with Crippen molar-refractivity contribution in [2.24, 2.45) is 0 Å². The van der Waals surface area contributed by atoms with E-state index in [0.717, 1.165) is 38.9 Å². The standard InChI is InChI=1S/C51H31N3S2/c1-4-14-32(15-5-1)36-28-37(33-16-6-2-7-17-33)30-38(29-36)50-52-49(53-51(54-50)44-24-13-23-42-40-20-10-11-25-45(40)55-48(42)44)35-26-27-41-43-22-12-21-39(34-18-8-3-9-19-34)47(43)56-46(41)31-35/h1-31H. The fourth-order valence-corrected chi connectivity index (χ4v) is 10.3. The Hall–Kier alpha value is -6.79. The van der Waals surface area contributed by atoms with Crippen LogP contribution in [0.1, 0.15) is 0 Å². The summed E-state index contributed by atoms with van der Waals surface area (Å²) < 4.78 is 4.91. The Morgan fingerprint density at radius 2 is 0.750 bits per heavy atom. The first-order valence-electron chi connectivity index (χ1n) is 18.7. The molecular formula is C51H31N3S2. The summed E-state index contributed by atoms with van der Waals surface area (Å²) in [7, 11) is 0. The van der Waals surface area contributed by atoms with Crippen molar-refractivity contribution in [2.45, 2.75) is 0 Å². The summed E-state index contributed by atoms with van der Waals surface area (Å²) in [5.41, 5.74) is 9.87. The van der Waals surface area contributed by atoms with E-state index < -0.39 is 0 Å². The SMILES string of the molecule is c1ccc(-c2cc(-c3ccccc3)cc(-c3nc(-c4ccc5c(c4)sc4c(-c6ccccc6)cccc45)nc(-c4cccc5c4sc4ccccc45)n3)c2)cc1. The molecule has 3 heterocycles. The van der Waals surface area contributed by atoms with Gasteiger partial charge in [0.2, 0.25) is 0 Å². The zero-order valence-electron chi connectivity index (χ0n) is 30.1. The topological polar surface area (TPSA) is 38.7 Å². The first-order valence-corrected chi connectivity index (χ1v) is 20.3. The van der Waals surface area contributed by atoms with Crippen molar-refractivity contribution in [2.75, 3.05) is 0 Å². The molecule has 3 aromatic heterocycles. The molecular weight excluding hydrogens is 719 g/mol. The maximum absolute atomic E-state index is 5.32. The number of fused-ring (bicyclic) bond motifs is 6. The van der Waals surface area contributed by atoms with E-state index in [-0.39, 0.29) is 0 Å². The molecule has 0 aliphatic heterocycles. The molecule has 11 aromatic rings. The smallest absolute Gasteiger partial charge is 0.165 e. The lowest BCUT2D eigenvalue weighted by Crippen LogP contribution is -2.00. The molecule has 5 heteroatoms. The van der Waals surface area contributed by atoms with Crippen LogP contribution in [0.3, 0.4) is 0 Å². The zero-order valence-corrected chi connectivity index (χ0v) is 31.7. The monoisotopic (exact) mass is 749 g/mol. The molecule has 0 atom stereocenters. The van der Waals surface area contributed by atoms with Crippen LogP contribution >= 0.6 is 22.7 Å². The maximum Gasteiger partial charge on any atom is 0.165 e. The Labute approximate surface area is 331 Å². The first-order chi connectivity index (χ1) is 27.7. The molecule has 0 aliphatic carbocycles. The molecule has 0 aliphatic rings. The highest BCUT2D eigenvalue weighted by atomic mass is 32.1. The summed E-state index contributed by atoms with van der Waals surface area (Å²) in [4.78, 5) is 15.9. The number of nitrogens with zero attached hydrogens (tertiary/aromatic N) is 3. The van der Waals surface area contributed by atoms with E-state index >= 15 is 0 Å². The van der Waals surface area contributed by atoms with Crippen molar-refractivity contribution in [1.82, 2.24) is 15.0 Å². The van der Waals surface area contributed by atoms with Gasteiger partial charge >= 0.3 is 0 Å².